The summed E-state index contributed by atoms with van der Waals surface area (Å²) in [5, 5.41) is 3.49. The minimum atomic E-state index is 0.856. The molecule has 1 fully saturated rings. The number of benzene rings is 1. The maximum atomic E-state index is 3.49. The van der Waals surface area contributed by atoms with Crippen LogP contribution in [-0.2, 0) is 6.42 Å². The Morgan fingerprint density at radius 3 is 2.61 bits per heavy atom. The minimum Gasteiger partial charge on any atom is -0.313 e. The van der Waals surface area contributed by atoms with E-state index in [2.05, 4.69) is 47.8 Å². The number of allylic oxidation sites excluding steroid dienone is 1. The van der Waals surface area contributed by atoms with E-state index in [0.29, 0.717) is 0 Å². The van der Waals surface area contributed by atoms with Gasteiger partial charge in [-0.1, -0.05) is 61.7 Å². The Morgan fingerprint density at radius 1 is 1.06 bits per heavy atom. The molecule has 1 N–H and O–H groups in total. The fraction of sp³-hybridized carbons (Fsp3) is 0.529. The molecule has 1 aromatic carbocycles. The summed E-state index contributed by atoms with van der Waals surface area (Å²) in [5.74, 6) is 0.856. The van der Waals surface area contributed by atoms with Crippen molar-refractivity contribution < 1.29 is 0 Å². The topological polar surface area (TPSA) is 12.0 Å². The molecule has 0 saturated heterocycles. The Morgan fingerprint density at radius 2 is 1.83 bits per heavy atom. The van der Waals surface area contributed by atoms with E-state index >= 15 is 0 Å². The molecule has 0 aromatic heterocycles. The molecule has 0 heterocycles. The summed E-state index contributed by atoms with van der Waals surface area (Å²) in [6.45, 7) is 2.09. The molecule has 1 aromatic rings. The van der Waals surface area contributed by atoms with Crippen molar-refractivity contribution >= 4 is 0 Å². The second kappa shape index (κ2) is 8.10. The highest BCUT2D eigenvalue weighted by atomic mass is 14.8. The lowest BCUT2D eigenvalue weighted by atomic mass is 9.89. The van der Waals surface area contributed by atoms with Gasteiger partial charge in [0.1, 0.15) is 0 Å². The molecular formula is C17H25N. The van der Waals surface area contributed by atoms with Gasteiger partial charge in [-0.25, -0.2) is 0 Å². The third kappa shape index (κ3) is 5.05. The maximum Gasteiger partial charge on any atom is 0.0135 e. The van der Waals surface area contributed by atoms with Crippen molar-refractivity contribution in [1.29, 1.82) is 0 Å². The van der Waals surface area contributed by atoms with Crippen LogP contribution in [0.2, 0.25) is 0 Å². The third-order valence-corrected chi connectivity index (χ3v) is 3.75. The van der Waals surface area contributed by atoms with Gasteiger partial charge in [0.25, 0.3) is 0 Å². The number of hydrogen-bond donors (Lipinski definition) is 1. The first-order valence-electron chi connectivity index (χ1n) is 7.36. The van der Waals surface area contributed by atoms with E-state index in [9.17, 15) is 0 Å². The van der Waals surface area contributed by atoms with Crippen molar-refractivity contribution in [3.63, 3.8) is 0 Å². The largest absolute Gasteiger partial charge is 0.313 e. The van der Waals surface area contributed by atoms with E-state index in [4.69, 9.17) is 0 Å². The number of hydrogen-bond acceptors (Lipinski definition) is 1. The first-order valence-corrected chi connectivity index (χ1v) is 7.36. The molecule has 1 aliphatic rings. The van der Waals surface area contributed by atoms with Gasteiger partial charge in [0.2, 0.25) is 0 Å². The zero-order chi connectivity index (χ0) is 12.5. The Bertz CT molecular complexity index is 336. The summed E-state index contributed by atoms with van der Waals surface area (Å²) in [6.07, 6.45) is 13.0. The Hall–Kier alpha value is -1.08. The van der Waals surface area contributed by atoms with Crippen LogP contribution in [0, 0.1) is 5.92 Å². The molecule has 0 radical (unpaired) electrons. The van der Waals surface area contributed by atoms with Crippen molar-refractivity contribution in [2.45, 2.75) is 38.5 Å². The lowest BCUT2D eigenvalue weighted by molar-refractivity contribution is 0.419. The predicted octanol–water partition coefficient (Wildman–Crippen LogP) is 3.96. The average Bonchev–Trinajstić information content (AvgIpc) is 2.45. The molecule has 18 heavy (non-hydrogen) atoms. The van der Waals surface area contributed by atoms with E-state index in [1.165, 1.54) is 37.7 Å². The highest BCUT2D eigenvalue weighted by Crippen LogP contribution is 2.24. The van der Waals surface area contributed by atoms with Gasteiger partial charge in [-0.15, -0.1) is 0 Å². The fourth-order valence-electron chi connectivity index (χ4n) is 2.65. The number of nitrogens with one attached hydrogen (secondary N) is 1. The molecule has 1 nitrogen and oxygen atoms in total. The van der Waals surface area contributed by atoms with E-state index in [1.807, 2.05) is 0 Å². The standard InChI is InChI=1S/C17H25N/c1-3-8-16(9-4-1)12-7-14-18-15-13-17-10-5-2-6-11-17/h2,5-7,10-12,16,18H,1,3-4,8-9,13-15H2/b12-7+. The Kier molecular flexibility index (Phi) is 6.01. The van der Waals surface area contributed by atoms with Crippen molar-refractivity contribution in [3.8, 4) is 0 Å². The summed E-state index contributed by atoms with van der Waals surface area (Å²) in [4.78, 5) is 0. The monoisotopic (exact) mass is 243 g/mol. The summed E-state index contributed by atoms with van der Waals surface area (Å²) in [6, 6.07) is 10.7. The van der Waals surface area contributed by atoms with E-state index < -0.39 is 0 Å². The highest BCUT2D eigenvalue weighted by molar-refractivity contribution is 5.14. The molecule has 1 aliphatic carbocycles. The molecule has 1 heteroatoms. The average molecular weight is 243 g/mol. The quantitative estimate of drug-likeness (QED) is 0.589. The van der Waals surface area contributed by atoms with Crippen LogP contribution < -0.4 is 5.32 Å². The molecule has 0 spiro atoms. The van der Waals surface area contributed by atoms with E-state index in [-0.39, 0.29) is 0 Å². The van der Waals surface area contributed by atoms with Gasteiger partial charge in [-0.05, 0) is 37.3 Å². The molecule has 0 unspecified atom stereocenters. The molecule has 0 aliphatic heterocycles. The van der Waals surface area contributed by atoms with Crippen molar-refractivity contribution in [2.24, 2.45) is 5.92 Å². The van der Waals surface area contributed by atoms with Crippen LogP contribution in [0.3, 0.4) is 0 Å². The van der Waals surface area contributed by atoms with E-state index in [1.54, 1.807) is 0 Å². The summed E-state index contributed by atoms with van der Waals surface area (Å²) >= 11 is 0. The molecular weight excluding hydrogens is 218 g/mol. The zero-order valence-electron chi connectivity index (χ0n) is 11.3. The lowest BCUT2D eigenvalue weighted by Gasteiger charge is -2.17. The number of rotatable bonds is 6. The summed E-state index contributed by atoms with van der Waals surface area (Å²) < 4.78 is 0. The first kappa shape index (κ1) is 13.4. The van der Waals surface area contributed by atoms with Gasteiger partial charge in [0.05, 0.1) is 0 Å². The van der Waals surface area contributed by atoms with Gasteiger partial charge in [0, 0.05) is 6.54 Å². The Balaban J connectivity index is 1.54. The summed E-state index contributed by atoms with van der Waals surface area (Å²) in [7, 11) is 0. The van der Waals surface area contributed by atoms with Crippen LogP contribution in [0.1, 0.15) is 37.7 Å². The second-order valence-corrected chi connectivity index (χ2v) is 5.27. The Labute approximate surface area is 111 Å². The van der Waals surface area contributed by atoms with Crippen molar-refractivity contribution in [3.05, 3.63) is 48.0 Å². The van der Waals surface area contributed by atoms with Crippen LogP contribution in [0.4, 0.5) is 0 Å². The van der Waals surface area contributed by atoms with Crippen LogP contribution in [0.5, 0.6) is 0 Å². The van der Waals surface area contributed by atoms with Crippen LogP contribution >= 0.6 is 0 Å². The molecule has 0 bridgehead atoms. The molecule has 2 rings (SSSR count). The minimum absolute atomic E-state index is 0.856. The van der Waals surface area contributed by atoms with Gasteiger partial charge in [0.15, 0.2) is 0 Å². The second-order valence-electron chi connectivity index (χ2n) is 5.27. The highest BCUT2D eigenvalue weighted by Gasteiger charge is 2.08. The fourth-order valence-corrected chi connectivity index (χ4v) is 2.65. The van der Waals surface area contributed by atoms with Gasteiger partial charge < -0.3 is 5.32 Å². The van der Waals surface area contributed by atoms with Crippen LogP contribution in [0.25, 0.3) is 0 Å². The lowest BCUT2D eigenvalue weighted by Crippen LogP contribution is -2.17. The SMILES string of the molecule is C(=C\C1CCCCC1)/CNCCc1ccccc1. The first-order chi connectivity index (χ1) is 8.95. The van der Waals surface area contributed by atoms with Crippen LogP contribution in [-0.4, -0.2) is 13.1 Å². The summed E-state index contributed by atoms with van der Waals surface area (Å²) in [5.41, 5.74) is 1.42. The smallest absolute Gasteiger partial charge is 0.0135 e. The maximum absolute atomic E-state index is 3.49. The van der Waals surface area contributed by atoms with E-state index in [0.717, 1.165) is 25.4 Å². The van der Waals surface area contributed by atoms with Crippen LogP contribution in [0.15, 0.2) is 42.5 Å². The molecule has 0 amide bonds. The molecule has 98 valence electrons. The predicted molar refractivity (Wildman–Crippen MR) is 78.7 cm³/mol. The molecule has 1 saturated carbocycles. The van der Waals surface area contributed by atoms with Crippen molar-refractivity contribution in [2.75, 3.05) is 13.1 Å². The van der Waals surface area contributed by atoms with Crippen molar-refractivity contribution in [1.82, 2.24) is 5.32 Å². The molecule has 0 atom stereocenters. The third-order valence-electron chi connectivity index (χ3n) is 3.75. The zero-order valence-corrected chi connectivity index (χ0v) is 11.3. The van der Waals surface area contributed by atoms with Gasteiger partial charge in [-0.3, -0.25) is 0 Å². The normalized spacial score (nSPS) is 17.3. The van der Waals surface area contributed by atoms with Gasteiger partial charge in [-0.2, -0.15) is 0 Å². The van der Waals surface area contributed by atoms with Gasteiger partial charge >= 0.3 is 0 Å².